The van der Waals surface area contributed by atoms with Crippen molar-refractivity contribution in [3.8, 4) is 0 Å². The summed E-state index contributed by atoms with van der Waals surface area (Å²) in [6.07, 6.45) is 2.06. The van der Waals surface area contributed by atoms with Gasteiger partial charge in [-0.2, -0.15) is 0 Å². The van der Waals surface area contributed by atoms with Crippen molar-refractivity contribution in [2.45, 2.75) is 19.9 Å². The van der Waals surface area contributed by atoms with Crippen LogP contribution in [0.5, 0.6) is 0 Å². The molecule has 3 N–H and O–H groups in total. The zero-order valence-electron chi connectivity index (χ0n) is 11.1. The van der Waals surface area contributed by atoms with Crippen LogP contribution in [0.1, 0.15) is 25.5 Å². The average molecular weight is 269 g/mol. The predicted octanol–water partition coefficient (Wildman–Crippen LogP) is 2.62. The number of nitrogens with zero attached hydrogens (tertiary/aromatic N) is 1. The molecule has 0 aliphatic heterocycles. The fraction of sp³-hybridized carbons (Fsp3) is 0.429. The van der Waals surface area contributed by atoms with E-state index >= 15 is 0 Å². The molecule has 0 unspecified atom stereocenters. The second kappa shape index (κ2) is 5.31. The molecule has 1 atom stereocenters. The molecule has 18 heavy (non-hydrogen) atoms. The van der Waals surface area contributed by atoms with Gasteiger partial charge < -0.3 is 15.4 Å². The molecule has 1 aromatic heterocycles. The molecule has 0 bridgehead atoms. The van der Waals surface area contributed by atoms with Crippen molar-refractivity contribution in [3.05, 3.63) is 36.0 Å². The Balaban J connectivity index is 0.00000162. The minimum Gasteiger partial charge on any atom is -0.396 e. The van der Waals surface area contributed by atoms with Crippen LogP contribution in [-0.4, -0.2) is 16.3 Å². The van der Waals surface area contributed by atoms with Crippen LogP contribution in [0.4, 0.5) is 0 Å². The highest BCUT2D eigenvalue weighted by Gasteiger charge is 2.29. The van der Waals surface area contributed by atoms with E-state index < -0.39 is 0 Å². The minimum absolute atomic E-state index is 0. The standard InChI is InChI=1S/C14H20N2O.ClH/c1-14(2,9-17)13(15)11-8-16(3)12-7-5-4-6-10(11)12;/h4-8,13,17H,9,15H2,1-3H3;1H/t13-;/m0./s1. The summed E-state index contributed by atoms with van der Waals surface area (Å²) < 4.78 is 2.08. The van der Waals surface area contributed by atoms with Crippen LogP contribution in [0.3, 0.4) is 0 Å². The van der Waals surface area contributed by atoms with Gasteiger partial charge in [0, 0.05) is 42.2 Å². The summed E-state index contributed by atoms with van der Waals surface area (Å²) in [6.45, 7) is 4.05. The number of aliphatic hydroxyl groups is 1. The lowest BCUT2D eigenvalue weighted by atomic mass is 9.82. The summed E-state index contributed by atoms with van der Waals surface area (Å²) >= 11 is 0. The molecular formula is C14H21ClN2O. The molecule has 0 spiro atoms. The fourth-order valence-corrected chi connectivity index (χ4v) is 2.14. The molecule has 0 radical (unpaired) electrons. The van der Waals surface area contributed by atoms with Gasteiger partial charge in [-0.15, -0.1) is 12.4 Å². The summed E-state index contributed by atoms with van der Waals surface area (Å²) in [7, 11) is 2.02. The number of rotatable bonds is 3. The van der Waals surface area contributed by atoms with Crippen molar-refractivity contribution in [2.24, 2.45) is 18.2 Å². The van der Waals surface area contributed by atoms with Crippen LogP contribution in [0.25, 0.3) is 10.9 Å². The van der Waals surface area contributed by atoms with E-state index in [1.165, 1.54) is 10.9 Å². The van der Waals surface area contributed by atoms with Gasteiger partial charge in [-0.3, -0.25) is 0 Å². The normalized spacial score (nSPS) is 13.4. The number of hydrogen-bond donors (Lipinski definition) is 2. The number of halogens is 1. The summed E-state index contributed by atoms with van der Waals surface area (Å²) in [4.78, 5) is 0. The van der Waals surface area contributed by atoms with Gasteiger partial charge in [0.25, 0.3) is 0 Å². The number of aromatic nitrogens is 1. The van der Waals surface area contributed by atoms with Crippen molar-refractivity contribution in [2.75, 3.05) is 6.61 Å². The fourth-order valence-electron chi connectivity index (χ4n) is 2.14. The maximum atomic E-state index is 9.42. The van der Waals surface area contributed by atoms with E-state index in [1.54, 1.807) is 0 Å². The van der Waals surface area contributed by atoms with Gasteiger partial charge in [0.15, 0.2) is 0 Å². The Morgan fingerprint density at radius 3 is 2.56 bits per heavy atom. The molecule has 0 saturated heterocycles. The lowest BCUT2D eigenvalue weighted by Crippen LogP contribution is -2.32. The van der Waals surface area contributed by atoms with Crippen molar-refractivity contribution in [3.63, 3.8) is 0 Å². The average Bonchev–Trinajstić information content (AvgIpc) is 2.66. The number of hydrogen-bond acceptors (Lipinski definition) is 2. The molecule has 0 aliphatic rings. The lowest BCUT2D eigenvalue weighted by molar-refractivity contribution is 0.132. The van der Waals surface area contributed by atoms with Gasteiger partial charge in [-0.1, -0.05) is 32.0 Å². The third kappa shape index (κ3) is 2.39. The first kappa shape index (κ1) is 15.0. The predicted molar refractivity (Wildman–Crippen MR) is 78.0 cm³/mol. The Kier molecular flexibility index (Phi) is 4.43. The number of para-hydroxylation sites is 1. The Bertz CT molecular complexity index is 534. The van der Waals surface area contributed by atoms with Crippen LogP contribution >= 0.6 is 12.4 Å². The summed E-state index contributed by atoms with van der Waals surface area (Å²) in [5.41, 5.74) is 8.25. The Morgan fingerprint density at radius 2 is 1.94 bits per heavy atom. The van der Waals surface area contributed by atoms with E-state index in [4.69, 9.17) is 5.73 Å². The largest absolute Gasteiger partial charge is 0.396 e. The number of aryl methyl sites for hydroxylation is 1. The molecule has 2 aromatic rings. The van der Waals surface area contributed by atoms with E-state index in [1.807, 2.05) is 33.0 Å². The van der Waals surface area contributed by atoms with Gasteiger partial charge in [-0.25, -0.2) is 0 Å². The Hall–Kier alpha value is -1.03. The van der Waals surface area contributed by atoms with Crippen molar-refractivity contribution in [1.29, 1.82) is 0 Å². The highest BCUT2D eigenvalue weighted by Crippen LogP contribution is 2.35. The maximum absolute atomic E-state index is 9.42. The van der Waals surface area contributed by atoms with E-state index in [0.717, 1.165) is 5.56 Å². The first-order valence-electron chi connectivity index (χ1n) is 5.88. The van der Waals surface area contributed by atoms with E-state index in [2.05, 4.69) is 22.9 Å². The van der Waals surface area contributed by atoms with Crippen LogP contribution in [0.2, 0.25) is 0 Å². The molecule has 1 aromatic carbocycles. The molecule has 0 fully saturated rings. The van der Waals surface area contributed by atoms with E-state index in [-0.39, 0.29) is 30.5 Å². The van der Waals surface area contributed by atoms with Crippen molar-refractivity contribution < 1.29 is 5.11 Å². The number of nitrogens with two attached hydrogens (primary N) is 1. The van der Waals surface area contributed by atoms with Crippen LogP contribution in [0.15, 0.2) is 30.5 Å². The van der Waals surface area contributed by atoms with E-state index in [9.17, 15) is 5.11 Å². The third-order valence-electron chi connectivity index (χ3n) is 3.51. The zero-order chi connectivity index (χ0) is 12.6. The molecule has 0 aliphatic carbocycles. The highest BCUT2D eigenvalue weighted by molar-refractivity contribution is 5.85. The quantitative estimate of drug-likeness (QED) is 0.899. The number of aliphatic hydroxyl groups excluding tert-OH is 1. The summed E-state index contributed by atoms with van der Waals surface area (Å²) in [5.74, 6) is 0. The molecule has 1 heterocycles. The first-order chi connectivity index (χ1) is 7.97. The van der Waals surface area contributed by atoms with Crippen LogP contribution in [-0.2, 0) is 7.05 Å². The molecule has 3 nitrogen and oxygen atoms in total. The third-order valence-corrected chi connectivity index (χ3v) is 3.51. The molecule has 0 amide bonds. The summed E-state index contributed by atoms with van der Waals surface area (Å²) in [6, 6.07) is 8.04. The highest BCUT2D eigenvalue weighted by atomic mass is 35.5. The SMILES string of the molecule is Cl.Cn1cc([C@H](N)C(C)(C)CO)c2ccccc21. The minimum atomic E-state index is -0.315. The smallest absolute Gasteiger partial charge is 0.0500 e. The first-order valence-corrected chi connectivity index (χ1v) is 5.88. The molecule has 2 rings (SSSR count). The van der Waals surface area contributed by atoms with E-state index in [0.29, 0.717) is 0 Å². The zero-order valence-corrected chi connectivity index (χ0v) is 11.9. The second-order valence-electron chi connectivity index (χ2n) is 5.34. The maximum Gasteiger partial charge on any atom is 0.0500 e. The van der Waals surface area contributed by atoms with Gasteiger partial charge in [0.1, 0.15) is 0 Å². The van der Waals surface area contributed by atoms with Gasteiger partial charge in [-0.05, 0) is 11.6 Å². The van der Waals surface area contributed by atoms with Crippen molar-refractivity contribution >= 4 is 23.3 Å². The topological polar surface area (TPSA) is 51.2 Å². The Morgan fingerprint density at radius 1 is 1.33 bits per heavy atom. The van der Waals surface area contributed by atoms with Gasteiger partial charge in [0.2, 0.25) is 0 Å². The monoisotopic (exact) mass is 268 g/mol. The Labute approximate surface area is 114 Å². The molecule has 0 saturated carbocycles. The summed E-state index contributed by atoms with van der Waals surface area (Å²) in [5, 5.41) is 10.6. The molecular weight excluding hydrogens is 248 g/mol. The molecule has 4 heteroatoms. The molecule has 100 valence electrons. The van der Waals surface area contributed by atoms with Crippen molar-refractivity contribution in [1.82, 2.24) is 4.57 Å². The van der Waals surface area contributed by atoms with Gasteiger partial charge >= 0.3 is 0 Å². The lowest BCUT2D eigenvalue weighted by Gasteiger charge is -2.29. The number of benzene rings is 1. The van der Waals surface area contributed by atoms with Gasteiger partial charge in [0.05, 0.1) is 0 Å². The van der Waals surface area contributed by atoms with Crippen LogP contribution in [0, 0.1) is 5.41 Å². The van der Waals surface area contributed by atoms with Crippen LogP contribution < -0.4 is 5.73 Å². The number of fused-ring (bicyclic) bond motifs is 1. The second-order valence-corrected chi connectivity index (χ2v) is 5.34.